The van der Waals surface area contributed by atoms with Gasteiger partial charge in [0.05, 0.1) is 6.54 Å². The number of thiophene rings is 1. The summed E-state index contributed by atoms with van der Waals surface area (Å²) < 4.78 is 0. The molecule has 5 heteroatoms. The van der Waals surface area contributed by atoms with Gasteiger partial charge < -0.3 is 10.4 Å². The van der Waals surface area contributed by atoms with Crippen LogP contribution < -0.4 is 5.32 Å². The molecule has 2 rings (SSSR count). The van der Waals surface area contributed by atoms with Crippen molar-refractivity contribution >= 4 is 17.3 Å². The predicted octanol–water partition coefficient (Wildman–Crippen LogP) is 2.20. The van der Waals surface area contributed by atoms with Crippen molar-refractivity contribution in [3.8, 4) is 0 Å². The fourth-order valence-corrected chi connectivity index (χ4v) is 3.76. The van der Waals surface area contributed by atoms with Crippen molar-refractivity contribution < 1.29 is 9.90 Å². The fraction of sp³-hybridized carbons (Fsp3) is 0.667. The summed E-state index contributed by atoms with van der Waals surface area (Å²) in [6.45, 7) is 6.36. The van der Waals surface area contributed by atoms with Crippen molar-refractivity contribution in [1.29, 1.82) is 0 Å². The zero-order chi connectivity index (χ0) is 14.4. The van der Waals surface area contributed by atoms with Gasteiger partial charge in [-0.1, -0.05) is 6.92 Å². The molecular formula is C15H24N2O2S. The van der Waals surface area contributed by atoms with Gasteiger partial charge in [0.25, 0.3) is 0 Å². The zero-order valence-corrected chi connectivity index (χ0v) is 12.9. The lowest BCUT2D eigenvalue weighted by molar-refractivity contribution is -0.136. The monoisotopic (exact) mass is 296 g/mol. The van der Waals surface area contributed by atoms with E-state index in [-0.39, 0.29) is 6.54 Å². The number of hydrogen-bond acceptors (Lipinski definition) is 4. The van der Waals surface area contributed by atoms with Gasteiger partial charge in [-0.3, -0.25) is 9.69 Å². The number of nitrogens with zero attached hydrogens (tertiary/aromatic N) is 1. The first-order chi connectivity index (χ1) is 9.67. The van der Waals surface area contributed by atoms with Gasteiger partial charge in [-0.05, 0) is 50.4 Å². The van der Waals surface area contributed by atoms with Crippen LogP contribution in [-0.2, 0) is 17.8 Å². The molecule has 4 nitrogen and oxygen atoms in total. The molecule has 2 N–H and O–H groups in total. The third-order valence-electron chi connectivity index (χ3n) is 3.76. The van der Waals surface area contributed by atoms with E-state index in [0.717, 1.165) is 32.6 Å². The van der Waals surface area contributed by atoms with Crippen molar-refractivity contribution in [2.45, 2.75) is 32.7 Å². The molecule has 0 aromatic carbocycles. The SMILES string of the molecule is CCc1ccc(CN2CCCC(CNCC(=O)O)C2)s1. The predicted molar refractivity (Wildman–Crippen MR) is 82.2 cm³/mol. The van der Waals surface area contributed by atoms with Crippen LogP contribution in [0.1, 0.15) is 29.5 Å². The topological polar surface area (TPSA) is 52.6 Å². The van der Waals surface area contributed by atoms with E-state index in [2.05, 4.69) is 29.3 Å². The van der Waals surface area contributed by atoms with Crippen LogP contribution in [-0.4, -0.2) is 42.2 Å². The third-order valence-corrected chi connectivity index (χ3v) is 4.97. The van der Waals surface area contributed by atoms with Crippen LogP contribution in [0.25, 0.3) is 0 Å². The van der Waals surface area contributed by atoms with Crippen LogP contribution in [0.15, 0.2) is 12.1 Å². The Balaban J connectivity index is 1.76. The molecule has 1 aromatic rings. The van der Waals surface area contributed by atoms with E-state index < -0.39 is 5.97 Å². The van der Waals surface area contributed by atoms with E-state index in [1.54, 1.807) is 0 Å². The molecule has 1 fully saturated rings. The molecular weight excluding hydrogens is 272 g/mol. The lowest BCUT2D eigenvalue weighted by Gasteiger charge is -2.32. The minimum atomic E-state index is -0.775. The van der Waals surface area contributed by atoms with Gasteiger partial charge in [0.2, 0.25) is 0 Å². The Hall–Kier alpha value is -0.910. The van der Waals surface area contributed by atoms with Crippen molar-refractivity contribution in [2.75, 3.05) is 26.2 Å². The smallest absolute Gasteiger partial charge is 0.317 e. The van der Waals surface area contributed by atoms with Crippen LogP contribution in [0.3, 0.4) is 0 Å². The molecule has 0 amide bonds. The van der Waals surface area contributed by atoms with Crippen LogP contribution >= 0.6 is 11.3 Å². The number of carbonyl (C=O) groups is 1. The Morgan fingerprint density at radius 1 is 1.50 bits per heavy atom. The standard InChI is InChI=1S/C15H24N2O2S/c1-2-13-5-6-14(20-13)11-17-7-3-4-12(10-17)8-16-9-15(18)19/h5-6,12,16H,2-4,7-11H2,1H3,(H,18,19). The maximum atomic E-state index is 10.5. The maximum Gasteiger partial charge on any atom is 0.317 e. The molecule has 20 heavy (non-hydrogen) atoms. The summed E-state index contributed by atoms with van der Waals surface area (Å²) in [5.74, 6) is -0.197. The van der Waals surface area contributed by atoms with Gasteiger partial charge in [0.15, 0.2) is 0 Å². The first-order valence-corrected chi connectivity index (χ1v) is 8.21. The molecule has 1 unspecified atom stereocenters. The molecule has 0 bridgehead atoms. The number of aliphatic carboxylic acids is 1. The highest BCUT2D eigenvalue weighted by Crippen LogP contribution is 2.22. The summed E-state index contributed by atoms with van der Waals surface area (Å²) in [6, 6.07) is 4.48. The Bertz CT molecular complexity index is 433. The van der Waals surface area contributed by atoms with Gasteiger partial charge in [-0.25, -0.2) is 0 Å². The van der Waals surface area contributed by atoms with Crippen LogP contribution in [0.5, 0.6) is 0 Å². The van der Waals surface area contributed by atoms with Gasteiger partial charge in [-0.2, -0.15) is 0 Å². The Kier molecular flexibility index (Phi) is 6.01. The van der Waals surface area contributed by atoms with Crippen LogP contribution in [0.2, 0.25) is 0 Å². The van der Waals surface area contributed by atoms with Gasteiger partial charge in [-0.15, -0.1) is 11.3 Å². The van der Waals surface area contributed by atoms with E-state index in [1.807, 2.05) is 11.3 Å². The van der Waals surface area contributed by atoms with Gasteiger partial charge in [0, 0.05) is 22.8 Å². The number of rotatable bonds is 7. The molecule has 1 saturated heterocycles. The highest BCUT2D eigenvalue weighted by Gasteiger charge is 2.20. The number of carboxylic acid groups (broad SMARTS) is 1. The Morgan fingerprint density at radius 2 is 2.30 bits per heavy atom. The molecule has 0 aliphatic carbocycles. The van der Waals surface area contributed by atoms with Crippen LogP contribution in [0, 0.1) is 5.92 Å². The molecule has 112 valence electrons. The van der Waals surface area contributed by atoms with Crippen molar-refractivity contribution in [3.63, 3.8) is 0 Å². The number of likely N-dealkylation sites (tertiary alicyclic amines) is 1. The average molecular weight is 296 g/mol. The molecule has 1 aliphatic rings. The minimum Gasteiger partial charge on any atom is -0.480 e. The van der Waals surface area contributed by atoms with E-state index in [0.29, 0.717) is 5.92 Å². The molecule has 1 aromatic heterocycles. The second-order valence-electron chi connectivity index (χ2n) is 5.49. The summed E-state index contributed by atoms with van der Waals surface area (Å²) in [7, 11) is 0. The molecule has 1 aliphatic heterocycles. The van der Waals surface area contributed by atoms with Crippen molar-refractivity contribution in [1.82, 2.24) is 10.2 Å². The first-order valence-electron chi connectivity index (χ1n) is 7.39. The minimum absolute atomic E-state index is 0.0707. The summed E-state index contributed by atoms with van der Waals surface area (Å²) in [5, 5.41) is 11.7. The summed E-state index contributed by atoms with van der Waals surface area (Å²) in [6.07, 6.45) is 3.53. The molecule has 2 heterocycles. The van der Waals surface area contributed by atoms with Crippen molar-refractivity contribution in [3.05, 3.63) is 21.9 Å². The highest BCUT2D eigenvalue weighted by atomic mass is 32.1. The number of hydrogen-bond donors (Lipinski definition) is 2. The summed E-state index contributed by atoms with van der Waals surface area (Å²) in [4.78, 5) is 15.9. The maximum absolute atomic E-state index is 10.5. The number of nitrogens with one attached hydrogen (secondary N) is 1. The third kappa shape index (κ3) is 4.89. The lowest BCUT2D eigenvalue weighted by Crippen LogP contribution is -2.40. The van der Waals surface area contributed by atoms with E-state index in [1.165, 1.54) is 22.6 Å². The summed E-state index contributed by atoms with van der Waals surface area (Å²) >= 11 is 1.91. The Labute approximate surface area is 124 Å². The molecule has 0 radical (unpaired) electrons. The van der Waals surface area contributed by atoms with Gasteiger partial charge >= 0.3 is 5.97 Å². The quantitative estimate of drug-likeness (QED) is 0.810. The number of carboxylic acids is 1. The second kappa shape index (κ2) is 7.76. The first kappa shape index (κ1) is 15.5. The molecule has 0 saturated carbocycles. The summed E-state index contributed by atoms with van der Waals surface area (Å²) in [5.41, 5.74) is 0. The normalized spacial score (nSPS) is 20.1. The zero-order valence-electron chi connectivity index (χ0n) is 12.1. The number of piperidine rings is 1. The van der Waals surface area contributed by atoms with Gasteiger partial charge in [0.1, 0.15) is 0 Å². The second-order valence-corrected chi connectivity index (χ2v) is 6.74. The number of aryl methyl sites for hydroxylation is 1. The van der Waals surface area contributed by atoms with E-state index >= 15 is 0 Å². The molecule has 1 atom stereocenters. The van der Waals surface area contributed by atoms with Crippen LogP contribution in [0.4, 0.5) is 0 Å². The average Bonchev–Trinajstić information content (AvgIpc) is 2.86. The van der Waals surface area contributed by atoms with Crippen molar-refractivity contribution in [2.24, 2.45) is 5.92 Å². The van der Waals surface area contributed by atoms with E-state index in [9.17, 15) is 4.79 Å². The Morgan fingerprint density at radius 3 is 3.00 bits per heavy atom. The molecule has 0 spiro atoms. The van der Waals surface area contributed by atoms with E-state index in [4.69, 9.17) is 5.11 Å². The fourth-order valence-electron chi connectivity index (χ4n) is 2.76. The highest BCUT2D eigenvalue weighted by molar-refractivity contribution is 7.11. The lowest BCUT2D eigenvalue weighted by atomic mass is 9.98. The largest absolute Gasteiger partial charge is 0.480 e.